The zero-order valence-electron chi connectivity index (χ0n) is 7.62. The molecule has 1 aromatic carbocycles. The number of rotatable bonds is 1. The van der Waals surface area contributed by atoms with Crippen LogP contribution in [0, 0.1) is 0 Å². The summed E-state index contributed by atoms with van der Waals surface area (Å²) in [5.74, 6) is 0.177. The first-order chi connectivity index (χ1) is 7.47. The van der Waals surface area contributed by atoms with Gasteiger partial charge in [0.15, 0.2) is 0 Å². The SMILES string of the molecule is Clc1cccc(-c2nnc(C(Cl)(Cl)Cl)o2)c1. The summed E-state index contributed by atoms with van der Waals surface area (Å²) in [6.45, 7) is 0. The van der Waals surface area contributed by atoms with Gasteiger partial charge in [-0.2, -0.15) is 0 Å². The van der Waals surface area contributed by atoms with Gasteiger partial charge in [-0.05, 0) is 18.2 Å². The summed E-state index contributed by atoms with van der Waals surface area (Å²) in [5.41, 5.74) is 0.667. The van der Waals surface area contributed by atoms with E-state index in [1.54, 1.807) is 24.3 Å². The fourth-order valence-electron chi connectivity index (χ4n) is 1.08. The highest BCUT2D eigenvalue weighted by molar-refractivity contribution is 6.66. The fourth-order valence-corrected chi connectivity index (χ4v) is 1.50. The van der Waals surface area contributed by atoms with Crippen LogP contribution >= 0.6 is 46.4 Å². The molecule has 0 aliphatic heterocycles. The van der Waals surface area contributed by atoms with E-state index in [1.807, 2.05) is 0 Å². The van der Waals surface area contributed by atoms with Gasteiger partial charge < -0.3 is 4.42 Å². The van der Waals surface area contributed by atoms with E-state index in [9.17, 15) is 0 Å². The first kappa shape index (κ1) is 12.0. The van der Waals surface area contributed by atoms with Crippen molar-refractivity contribution in [1.82, 2.24) is 10.2 Å². The first-order valence-corrected chi connectivity index (χ1v) is 5.64. The largest absolute Gasteiger partial charge is 0.416 e. The number of benzene rings is 1. The normalized spacial score (nSPS) is 11.8. The van der Waals surface area contributed by atoms with E-state index in [0.29, 0.717) is 10.6 Å². The highest BCUT2D eigenvalue weighted by Crippen LogP contribution is 2.38. The number of aromatic nitrogens is 2. The molecule has 0 aliphatic rings. The Balaban J connectivity index is 2.39. The molecule has 7 heteroatoms. The Labute approximate surface area is 111 Å². The molecule has 0 N–H and O–H groups in total. The van der Waals surface area contributed by atoms with Gasteiger partial charge in [-0.25, -0.2) is 0 Å². The molecule has 16 heavy (non-hydrogen) atoms. The smallest absolute Gasteiger partial charge is 0.268 e. The molecule has 1 heterocycles. The lowest BCUT2D eigenvalue weighted by Crippen LogP contribution is -1.99. The van der Waals surface area contributed by atoms with Crippen LogP contribution in [0.2, 0.25) is 5.02 Å². The molecule has 0 fully saturated rings. The molecule has 84 valence electrons. The summed E-state index contributed by atoms with van der Waals surface area (Å²) in [6, 6.07) is 6.94. The van der Waals surface area contributed by atoms with Gasteiger partial charge in [0.2, 0.25) is 5.89 Å². The lowest BCUT2D eigenvalue weighted by Gasteiger charge is -2.02. The Morgan fingerprint density at radius 2 is 1.88 bits per heavy atom. The van der Waals surface area contributed by atoms with Crippen LogP contribution in [0.3, 0.4) is 0 Å². The highest BCUT2D eigenvalue weighted by Gasteiger charge is 2.30. The van der Waals surface area contributed by atoms with Crippen molar-refractivity contribution in [3.8, 4) is 11.5 Å². The lowest BCUT2D eigenvalue weighted by atomic mass is 10.2. The summed E-state index contributed by atoms with van der Waals surface area (Å²) in [7, 11) is 0. The molecule has 3 nitrogen and oxygen atoms in total. The Kier molecular flexibility index (Phi) is 3.31. The Hall–Kier alpha value is -0.480. The molecule has 0 aliphatic carbocycles. The standard InChI is InChI=1S/C9H4Cl4N2O/c10-6-3-1-2-5(4-6)7-14-15-8(16-7)9(11,12)13/h1-4H. The van der Waals surface area contributed by atoms with Crippen LogP contribution in [0.1, 0.15) is 5.89 Å². The quantitative estimate of drug-likeness (QED) is 0.740. The van der Waals surface area contributed by atoms with Crippen molar-refractivity contribution < 1.29 is 4.42 Å². The van der Waals surface area contributed by atoms with E-state index >= 15 is 0 Å². The van der Waals surface area contributed by atoms with Gasteiger partial charge >= 0.3 is 0 Å². The van der Waals surface area contributed by atoms with Gasteiger partial charge in [0.1, 0.15) is 0 Å². The van der Waals surface area contributed by atoms with Crippen LogP contribution in [0.5, 0.6) is 0 Å². The number of hydrogen-bond acceptors (Lipinski definition) is 3. The topological polar surface area (TPSA) is 38.9 Å². The lowest BCUT2D eigenvalue weighted by molar-refractivity contribution is 0.514. The predicted octanol–water partition coefficient (Wildman–Crippen LogP) is 4.22. The zero-order chi connectivity index (χ0) is 11.8. The maximum atomic E-state index is 5.82. The minimum atomic E-state index is -1.72. The second-order valence-corrected chi connectivity index (χ2v) is 5.64. The molecule has 1 aromatic heterocycles. The molecule has 0 spiro atoms. The van der Waals surface area contributed by atoms with E-state index in [4.69, 9.17) is 50.8 Å². The average molecular weight is 298 g/mol. The third-order valence-corrected chi connectivity index (χ3v) is 2.46. The van der Waals surface area contributed by atoms with E-state index in [0.717, 1.165) is 0 Å². The van der Waals surface area contributed by atoms with Gasteiger partial charge in [0, 0.05) is 10.6 Å². The summed E-state index contributed by atoms with van der Waals surface area (Å²) in [5, 5.41) is 7.96. The summed E-state index contributed by atoms with van der Waals surface area (Å²) in [6.07, 6.45) is 0. The Morgan fingerprint density at radius 3 is 2.44 bits per heavy atom. The maximum Gasteiger partial charge on any atom is 0.268 e. The predicted molar refractivity (Wildman–Crippen MR) is 64.0 cm³/mol. The van der Waals surface area contributed by atoms with Crippen LogP contribution < -0.4 is 0 Å². The van der Waals surface area contributed by atoms with Gasteiger partial charge in [-0.15, -0.1) is 10.2 Å². The molecule has 2 aromatic rings. The summed E-state index contributed by atoms with van der Waals surface area (Å²) >= 11 is 22.6. The molecule has 0 saturated heterocycles. The van der Waals surface area contributed by atoms with Crippen LogP contribution in [-0.2, 0) is 3.79 Å². The number of halogens is 4. The second-order valence-electron chi connectivity index (χ2n) is 2.92. The molecule has 0 bridgehead atoms. The van der Waals surface area contributed by atoms with Crippen LogP contribution in [0.15, 0.2) is 28.7 Å². The van der Waals surface area contributed by atoms with Crippen molar-refractivity contribution in [2.75, 3.05) is 0 Å². The summed E-state index contributed by atoms with van der Waals surface area (Å²) in [4.78, 5) is 0. The zero-order valence-corrected chi connectivity index (χ0v) is 10.6. The van der Waals surface area contributed by atoms with Crippen LogP contribution in [-0.4, -0.2) is 10.2 Å². The van der Waals surface area contributed by atoms with E-state index in [1.165, 1.54) is 0 Å². The van der Waals surface area contributed by atoms with Crippen molar-refractivity contribution >= 4 is 46.4 Å². The monoisotopic (exact) mass is 296 g/mol. The molecule has 0 unspecified atom stereocenters. The third-order valence-electron chi connectivity index (χ3n) is 1.74. The van der Waals surface area contributed by atoms with Gasteiger partial charge in [-0.1, -0.05) is 52.5 Å². The molecule has 0 atom stereocenters. The average Bonchev–Trinajstić information content (AvgIpc) is 2.65. The molecule has 2 rings (SSSR count). The van der Waals surface area contributed by atoms with Crippen molar-refractivity contribution in [1.29, 1.82) is 0 Å². The Morgan fingerprint density at radius 1 is 1.12 bits per heavy atom. The van der Waals surface area contributed by atoms with Crippen molar-refractivity contribution in [2.24, 2.45) is 0 Å². The third kappa shape index (κ3) is 2.61. The fraction of sp³-hybridized carbons (Fsp3) is 0.111. The van der Waals surface area contributed by atoms with Gasteiger partial charge in [0.25, 0.3) is 9.68 Å². The maximum absolute atomic E-state index is 5.82. The van der Waals surface area contributed by atoms with Crippen LogP contribution in [0.4, 0.5) is 0 Å². The highest BCUT2D eigenvalue weighted by atomic mass is 35.6. The van der Waals surface area contributed by atoms with E-state index in [2.05, 4.69) is 10.2 Å². The summed E-state index contributed by atoms with van der Waals surface area (Å²) < 4.78 is 3.49. The van der Waals surface area contributed by atoms with Gasteiger partial charge in [-0.3, -0.25) is 0 Å². The van der Waals surface area contributed by atoms with E-state index in [-0.39, 0.29) is 11.8 Å². The number of alkyl halides is 3. The minimum absolute atomic E-state index is 0.0764. The second kappa shape index (κ2) is 4.41. The molecular weight excluding hydrogens is 294 g/mol. The Bertz CT molecular complexity index is 506. The van der Waals surface area contributed by atoms with Crippen molar-refractivity contribution in [2.45, 2.75) is 3.79 Å². The minimum Gasteiger partial charge on any atom is -0.416 e. The molecule has 0 amide bonds. The van der Waals surface area contributed by atoms with Crippen molar-refractivity contribution in [3.05, 3.63) is 35.2 Å². The van der Waals surface area contributed by atoms with Crippen molar-refractivity contribution in [3.63, 3.8) is 0 Å². The molecule has 0 radical (unpaired) electrons. The first-order valence-electron chi connectivity index (χ1n) is 4.13. The van der Waals surface area contributed by atoms with Gasteiger partial charge in [0.05, 0.1) is 0 Å². The molecular formula is C9H4Cl4N2O. The number of hydrogen-bond donors (Lipinski definition) is 0. The van der Waals surface area contributed by atoms with E-state index < -0.39 is 3.79 Å². The molecule has 0 saturated carbocycles. The van der Waals surface area contributed by atoms with Crippen LogP contribution in [0.25, 0.3) is 11.5 Å². The number of nitrogens with zero attached hydrogens (tertiary/aromatic N) is 2.